The number of hydrogen-bond acceptors (Lipinski definition) is 3. The van der Waals surface area contributed by atoms with Crippen LogP contribution in [-0.4, -0.2) is 15.0 Å². The van der Waals surface area contributed by atoms with Crippen molar-refractivity contribution in [3.63, 3.8) is 0 Å². The van der Waals surface area contributed by atoms with Gasteiger partial charge in [0.05, 0.1) is 0 Å². The van der Waals surface area contributed by atoms with Gasteiger partial charge in [0, 0.05) is 22.1 Å². The van der Waals surface area contributed by atoms with Gasteiger partial charge in [0.15, 0.2) is 17.5 Å². The summed E-state index contributed by atoms with van der Waals surface area (Å²) in [5, 5.41) is 9.72. The number of nitrogens with zero attached hydrogens (tertiary/aromatic N) is 3. The maximum atomic E-state index is 5.36. The molecule has 3 heteroatoms. The van der Waals surface area contributed by atoms with Crippen LogP contribution >= 0.6 is 0 Å². The number of hydrogen-bond donors (Lipinski definition) is 0. The molecule has 11 rings (SSSR count). The smallest absolute Gasteiger partial charge is 0.164 e. The molecule has 0 fully saturated rings. The van der Waals surface area contributed by atoms with Crippen molar-refractivity contribution >= 4 is 43.1 Å². The summed E-state index contributed by atoms with van der Waals surface area (Å²) >= 11 is 0. The zero-order chi connectivity index (χ0) is 36.7. The van der Waals surface area contributed by atoms with Crippen LogP contribution < -0.4 is 0 Å². The topological polar surface area (TPSA) is 38.7 Å². The Labute approximate surface area is 319 Å². The van der Waals surface area contributed by atoms with E-state index >= 15 is 0 Å². The first-order valence-electron chi connectivity index (χ1n) is 19.0. The van der Waals surface area contributed by atoms with Crippen LogP contribution in [0.2, 0.25) is 0 Å². The molecule has 1 aliphatic carbocycles. The van der Waals surface area contributed by atoms with Gasteiger partial charge in [0.1, 0.15) is 0 Å². The third-order valence-corrected chi connectivity index (χ3v) is 11.7. The maximum absolute atomic E-state index is 5.36. The molecule has 0 amide bonds. The Kier molecular flexibility index (Phi) is 6.90. The van der Waals surface area contributed by atoms with Gasteiger partial charge in [-0.25, -0.2) is 15.0 Å². The van der Waals surface area contributed by atoms with Crippen LogP contribution in [0.3, 0.4) is 0 Å². The van der Waals surface area contributed by atoms with Crippen molar-refractivity contribution in [2.24, 2.45) is 0 Å². The summed E-state index contributed by atoms with van der Waals surface area (Å²) in [5.74, 6) is 1.99. The Morgan fingerprint density at radius 3 is 1.73 bits per heavy atom. The second-order valence-electron chi connectivity index (χ2n) is 15.1. The van der Waals surface area contributed by atoms with Crippen molar-refractivity contribution in [1.29, 1.82) is 0 Å². The lowest BCUT2D eigenvalue weighted by atomic mass is 9.82. The lowest BCUT2D eigenvalue weighted by Crippen LogP contribution is -2.14. The molecule has 1 aliphatic rings. The molecule has 1 aromatic heterocycles. The Morgan fingerprint density at radius 2 is 0.909 bits per heavy atom. The Bertz CT molecular complexity index is 3180. The summed E-state index contributed by atoms with van der Waals surface area (Å²) in [6.07, 6.45) is 0. The third-order valence-electron chi connectivity index (χ3n) is 11.7. The van der Waals surface area contributed by atoms with E-state index in [-0.39, 0.29) is 5.41 Å². The minimum Gasteiger partial charge on any atom is -0.208 e. The van der Waals surface area contributed by atoms with Crippen LogP contribution in [0.5, 0.6) is 0 Å². The SMILES string of the molecule is CC1(C)c2ccccc2-c2c(-c3nc(-c4ccccc4)nc(-c4ccc(-c5c6ccccc6cc6c5ccc5ccccc56)c5ccccc45)n3)cccc21. The Hall–Kier alpha value is -6.97. The molecule has 0 N–H and O–H groups in total. The van der Waals surface area contributed by atoms with E-state index < -0.39 is 0 Å². The molecule has 55 heavy (non-hydrogen) atoms. The summed E-state index contributed by atoms with van der Waals surface area (Å²) in [7, 11) is 0. The molecule has 0 radical (unpaired) electrons. The highest BCUT2D eigenvalue weighted by atomic mass is 15.0. The summed E-state index contributed by atoms with van der Waals surface area (Å²) in [4.78, 5) is 15.8. The van der Waals surface area contributed by atoms with E-state index in [1.165, 1.54) is 65.7 Å². The molecule has 0 saturated carbocycles. The molecule has 0 atom stereocenters. The predicted octanol–water partition coefficient (Wildman–Crippen LogP) is 13.5. The molecule has 10 aromatic rings. The normalized spacial score (nSPS) is 13.1. The number of fused-ring (bicyclic) bond motifs is 8. The first kappa shape index (κ1) is 31.5. The summed E-state index contributed by atoms with van der Waals surface area (Å²) in [6, 6.07) is 63.1. The fourth-order valence-corrected chi connectivity index (χ4v) is 9.10. The van der Waals surface area contributed by atoms with Gasteiger partial charge in [0.25, 0.3) is 0 Å². The molecule has 9 aromatic carbocycles. The van der Waals surface area contributed by atoms with Crippen LogP contribution in [-0.2, 0) is 5.41 Å². The van der Waals surface area contributed by atoms with Crippen LogP contribution in [0, 0.1) is 0 Å². The molecule has 0 aliphatic heterocycles. The van der Waals surface area contributed by atoms with E-state index in [1.807, 2.05) is 18.2 Å². The standard InChI is InChI=1S/C52H35N3/c1-52(2)45-25-13-12-23-42(45)48-43(24-14-26-46(48)52)51-54-49(33-16-4-3-5-17-33)53-50(55-51)41-30-29-39(37-21-10-11-22-38(37)41)47-36-20-9-7-18-34(36)31-44-35-19-8-6-15-32(35)27-28-40(44)47/h3-31H,1-2H3. The zero-order valence-electron chi connectivity index (χ0n) is 30.6. The molecule has 0 unspecified atom stereocenters. The van der Waals surface area contributed by atoms with Crippen molar-refractivity contribution in [3.05, 3.63) is 187 Å². The highest BCUT2D eigenvalue weighted by Crippen LogP contribution is 2.52. The van der Waals surface area contributed by atoms with Gasteiger partial charge in [-0.3, -0.25) is 0 Å². The second kappa shape index (κ2) is 12.0. The average Bonchev–Trinajstić information content (AvgIpc) is 3.48. The van der Waals surface area contributed by atoms with Crippen molar-refractivity contribution < 1.29 is 0 Å². The lowest BCUT2D eigenvalue weighted by Gasteiger charge is -2.21. The summed E-state index contributed by atoms with van der Waals surface area (Å²) in [6.45, 7) is 4.62. The first-order chi connectivity index (χ1) is 27.0. The molecule has 258 valence electrons. The summed E-state index contributed by atoms with van der Waals surface area (Å²) in [5.41, 5.74) is 10.3. The zero-order valence-corrected chi connectivity index (χ0v) is 30.6. The number of rotatable bonds is 4. The van der Waals surface area contributed by atoms with Gasteiger partial charge in [-0.1, -0.05) is 178 Å². The Balaban J connectivity index is 1.18. The van der Waals surface area contributed by atoms with Gasteiger partial charge in [-0.05, 0) is 88.6 Å². The highest BCUT2D eigenvalue weighted by molar-refractivity contribution is 6.23. The van der Waals surface area contributed by atoms with Crippen LogP contribution in [0.15, 0.2) is 176 Å². The first-order valence-corrected chi connectivity index (χ1v) is 19.0. The summed E-state index contributed by atoms with van der Waals surface area (Å²) < 4.78 is 0. The van der Waals surface area contributed by atoms with Crippen LogP contribution in [0.25, 0.3) is 99.5 Å². The van der Waals surface area contributed by atoms with Gasteiger partial charge in [-0.15, -0.1) is 0 Å². The number of aromatic nitrogens is 3. The molecule has 0 saturated heterocycles. The van der Waals surface area contributed by atoms with Crippen molar-refractivity contribution in [2.45, 2.75) is 19.3 Å². The fraction of sp³-hybridized carbons (Fsp3) is 0.0577. The lowest BCUT2D eigenvalue weighted by molar-refractivity contribution is 0.660. The van der Waals surface area contributed by atoms with E-state index in [1.54, 1.807) is 0 Å². The van der Waals surface area contributed by atoms with Gasteiger partial charge < -0.3 is 0 Å². The molecular formula is C52H35N3. The maximum Gasteiger partial charge on any atom is 0.164 e. The minimum absolute atomic E-state index is 0.135. The van der Waals surface area contributed by atoms with Crippen molar-refractivity contribution in [2.75, 3.05) is 0 Å². The quantitative estimate of drug-likeness (QED) is 0.135. The second-order valence-corrected chi connectivity index (χ2v) is 15.1. The monoisotopic (exact) mass is 701 g/mol. The fourth-order valence-electron chi connectivity index (χ4n) is 9.10. The van der Waals surface area contributed by atoms with E-state index in [0.29, 0.717) is 17.5 Å². The van der Waals surface area contributed by atoms with E-state index in [2.05, 4.69) is 172 Å². The predicted molar refractivity (Wildman–Crippen MR) is 229 cm³/mol. The largest absolute Gasteiger partial charge is 0.208 e. The van der Waals surface area contributed by atoms with Crippen LogP contribution in [0.1, 0.15) is 25.0 Å². The van der Waals surface area contributed by atoms with Gasteiger partial charge >= 0.3 is 0 Å². The van der Waals surface area contributed by atoms with E-state index in [0.717, 1.165) is 27.5 Å². The average molecular weight is 702 g/mol. The Morgan fingerprint density at radius 1 is 0.327 bits per heavy atom. The molecule has 0 bridgehead atoms. The van der Waals surface area contributed by atoms with Crippen molar-refractivity contribution in [1.82, 2.24) is 15.0 Å². The molecular weight excluding hydrogens is 667 g/mol. The van der Waals surface area contributed by atoms with Gasteiger partial charge in [0.2, 0.25) is 0 Å². The van der Waals surface area contributed by atoms with E-state index in [9.17, 15) is 0 Å². The van der Waals surface area contributed by atoms with Crippen LogP contribution in [0.4, 0.5) is 0 Å². The minimum atomic E-state index is -0.135. The molecule has 0 spiro atoms. The molecule has 3 nitrogen and oxygen atoms in total. The van der Waals surface area contributed by atoms with Gasteiger partial charge in [-0.2, -0.15) is 0 Å². The molecule has 1 heterocycles. The third kappa shape index (κ3) is 4.79. The number of benzene rings is 9. The van der Waals surface area contributed by atoms with E-state index in [4.69, 9.17) is 15.0 Å². The van der Waals surface area contributed by atoms with Crippen molar-refractivity contribution in [3.8, 4) is 56.4 Å². The highest BCUT2D eigenvalue weighted by Gasteiger charge is 2.37.